The van der Waals surface area contributed by atoms with Crippen molar-refractivity contribution in [3.63, 3.8) is 0 Å². The van der Waals surface area contributed by atoms with Crippen LogP contribution in [-0.4, -0.2) is 62.1 Å². The van der Waals surface area contributed by atoms with Crippen LogP contribution in [0.15, 0.2) is 22.8 Å². The Morgan fingerprint density at radius 3 is 2.71 bits per heavy atom. The summed E-state index contributed by atoms with van der Waals surface area (Å²) in [5.74, 6) is 0.914. The third-order valence-electron chi connectivity index (χ3n) is 4.08. The maximum Gasteiger partial charge on any atom is 0.216 e. The van der Waals surface area contributed by atoms with Gasteiger partial charge in [0.25, 0.3) is 0 Å². The van der Waals surface area contributed by atoms with E-state index in [2.05, 4.69) is 10.2 Å². The molecule has 1 aliphatic heterocycles. The summed E-state index contributed by atoms with van der Waals surface area (Å²) < 4.78 is 32.2. The Labute approximate surface area is 126 Å². The molecule has 1 N–H and O–H groups in total. The van der Waals surface area contributed by atoms with E-state index >= 15 is 0 Å². The molecule has 21 heavy (non-hydrogen) atoms. The third-order valence-corrected chi connectivity index (χ3v) is 5.92. The first-order chi connectivity index (χ1) is 10.1. The minimum Gasteiger partial charge on any atom is -0.468 e. The van der Waals surface area contributed by atoms with E-state index in [1.165, 1.54) is 0 Å². The van der Waals surface area contributed by atoms with Gasteiger partial charge < -0.3 is 9.73 Å². The molecule has 0 spiro atoms. The van der Waals surface area contributed by atoms with Gasteiger partial charge in [0.2, 0.25) is 10.0 Å². The lowest BCUT2D eigenvalue weighted by Gasteiger charge is -2.28. The second-order valence-corrected chi connectivity index (χ2v) is 7.80. The van der Waals surface area contributed by atoms with E-state index in [0.717, 1.165) is 39.0 Å². The Bertz CT molecular complexity index is 534. The Kier molecular flexibility index (Phi) is 4.63. The van der Waals surface area contributed by atoms with E-state index in [4.69, 9.17) is 4.42 Å². The van der Waals surface area contributed by atoms with Crippen molar-refractivity contribution in [1.82, 2.24) is 14.5 Å². The van der Waals surface area contributed by atoms with Crippen molar-refractivity contribution in [2.45, 2.75) is 25.4 Å². The lowest BCUT2D eigenvalue weighted by molar-refractivity contribution is 0.251. The van der Waals surface area contributed by atoms with Gasteiger partial charge in [-0.1, -0.05) is 0 Å². The fraction of sp³-hybridized carbons (Fsp3) is 0.714. The van der Waals surface area contributed by atoms with Crippen LogP contribution in [0.1, 0.15) is 18.6 Å². The molecule has 1 aromatic rings. The second-order valence-electron chi connectivity index (χ2n) is 5.76. The first-order valence-electron chi connectivity index (χ1n) is 7.60. The smallest absolute Gasteiger partial charge is 0.216 e. The van der Waals surface area contributed by atoms with Gasteiger partial charge in [-0.25, -0.2) is 8.42 Å². The Morgan fingerprint density at radius 2 is 2.10 bits per heavy atom. The molecule has 0 atom stereocenters. The van der Waals surface area contributed by atoms with Crippen LogP contribution in [0.4, 0.5) is 0 Å². The first kappa shape index (κ1) is 15.0. The fourth-order valence-electron chi connectivity index (χ4n) is 2.67. The van der Waals surface area contributed by atoms with Gasteiger partial charge in [0.15, 0.2) is 0 Å². The van der Waals surface area contributed by atoms with E-state index in [0.29, 0.717) is 18.8 Å². The number of furan rings is 1. The first-order valence-corrected chi connectivity index (χ1v) is 9.21. The number of piperazine rings is 1. The predicted molar refractivity (Wildman–Crippen MR) is 80.4 cm³/mol. The maximum atomic E-state index is 12.6. The van der Waals surface area contributed by atoms with Gasteiger partial charge in [-0.2, -0.15) is 4.31 Å². The number of nitrogens with zero attached hydrogens (tertiary/aromatic N) is 2. The van der Waals surface area contributed by atoms with Crippen molar-refractivity contribution in [2.75, 3.05) is 38.5 Å². The zero-order valence-electron chi connectivity index (χ0n) is 12.2. The average Bonchev–Trinajstić information content (AvgIpc) is 3.19. The van der Waals surface area contributed by atoms with Gasteiger partial charge >= 0.3 is 0 Å². The van der Waals surface area contributed by atoms with Crippen molar-refractivity contribution in [3.8, 4) is 0 Å². The fourth-order valence-corrected chi connectivity index (χ4v) is 4.38. The molecule has 0 unspecified atom stereocenters. The maximum absolute atomic E-state index is 12.6. The van der Waals surface area contributed by atoms with Crippen LogP contribution in [0.2, 0.25) is 0 Å². The largest absolute Gasteiger partial charge is 0.468 e. The summed E-state index contributed by atoms with van der Waals surface area (Å²) in [6.45, 7) is 4.72. The highest BCUT2D eigenvalue weighted by Gasteiger charge is 2.37. The van der Waals surface area contributed by atoms with Gasteiger partial charge in [0, 0.05) is 38.8 Å². The van der Waals surface area contributed by atoms with E-state index in [1.54, 1.807) is 16.6 Å². The molecule has 0 bridgehead atoms. The lowest BCUT2D eigenvalue weighted by Crippen LogP contribution is -2.46. The Balaban J connectivity index is 1.60. The number of rotatable bonds is 7. The molecule has 2 fully saturated rings. The third kappa shape index (κ3) is 4.06. The summed E-state index contributed by atoms with van der Waals surface area (Å²) in [5, 5.41) is 3.28. The number of nitrogens with one attached hydrogen (secondary N) is 1. The monoisotopic (exact) mass is 313 g/mol. The molecular formula is C14H23N3O3S. The normalized spacial score (nSPS) is 21.0. The van der Waals surface area contributed by atoms with Gasteiger partial charge in [-0.3, -0.25) is 4.90 Å². The van der Waals surface area contributed by atoms with Crippen molar-refractivity contribution >= 4 is 10.0 Å². The van der Waals surface area contributed by atoms with E-state index in [9.17, 15) is 8.42 Å². The minimum absolute atomic E-state index is 0.170. The zero-order chi connectivity index (χ0) is 14.7. The van der Waals surface area contributed by atoms with Crippen LogP contribution in [0.3, 0.4) is 0 Å². The summed E-state index contributed by atoms with van der Waals surface area (Å²) in [5.41, 5.74) is 0. The lowest BCUT2D eigenvalue weighted by atomic mass is 10.4. The van der Waals surface area contributed by atoms with Crippen molar-refractivity contribution in [2.24, 2.45) is 0 Å². The molecule has 1 aliphatic carbocycles. The molecule has 0 amide bonds. The number of sulfonamides is 1. The second kappa shape index (κ2) is 6.48. The molecule has 2 aliphatic rings. The summed E-state index contributed by atoms with van der Waals surface area (Å²) in [4.78, 5) is 2.21. The molecule has 7 heteroatoms. The van der Waals surface area contributed by atoms with E-state index in [1.807, 2.05) is 6.07 Å². The molecule has 1 saturated heterocycles. The van der Waals surface area contributed by atoms with Crippen molar-refractivity contribution in [1.29, 1.82) is 0 Å². The van der Waals surface area contributed by atoms with Crippen LogP contribution in [-0.2, 0) is 16.6 Å². The summed E-state index contributed by atoms with van der Waals surface area (Å²) in [6.07, 6.45) is 3.52. The van der Waals surface area contributed by atoms with Gasteiger partial charge in [0.1, 0.15) is 5.76 Å². The SMILES string of the molecule is O=S(=O)(CCN1CCNCC1)N(Cc1ccco1)C1CC1. The van der Waals surface area contributed by atoms with Gasteiger partial charge in [-0.15, -0.1) is 0 Å². The predicted octanol–water partition coefficient (Wildman–Crippen LogP) is 0.479. The molecule has 0 aromatic carbocycles. The molecular weight excluding hydrogens is 290 g/mol. The van der Waals surface area contributed by atoms with Crippen LogP contribution in [0.25, 0.3) is 0 Å². The molecule has 1 saturated carbocycles. The van der Waals surface area contributed by atoms with Gasteiger partial charge in [-0.05, 0) is 25.0 Å². The minimum atomic E-state index is -3.22. The topological polar surface area (TPSA) is 65.8 Å². The highest BCUT2D eigenvalue weighted by Crippen LogP contribution is 2.31. The molecule has 2 heterocycles. The van der Waals surface area contributed by atoms with E-state index < -0.39 is 10.0 Å². The number of hydrogen-bond donors (Lipinski definition) is 1. The highest BCUT2D eigenvalue weighted by molar-refractivity contribution is 7.89. The van der Waals surface area contributed by atoms with Crippen molar-refractivity contribution in [3.05, 3.63) is 24.2 Å². The molecule has 6 nitrogen and oxygen atoms in total. The summed E-state index contributed by atoms with van der Waals surface area (Å²) in [6, 6.07) is 3.80. The molecule has 1 aromatic heterocycles. The van der Waals surface area contributed by atoms with Gasteiger partial charge in [0.05, 0.1) is 18.6 Å². The van der Waals surface area contributed by atoms with E-state index in [-0.39, 0.29) is 11.8 Å². The number of hydrogen-bond acceptors (Lipinski definition) is 5. The summed E-state index contributed by atoms with van der Waals surface area (Å²) in [7, 11) is -3.22. The van der Waals surface area contributed by atoms with Crippen molar-refractivity contribution < 1.29 is 12.8 Å². The zero-order valence-corrected chi connectivity index (χ0v) is 13.0. The Morgan fingerprint density at radius 1 is 1.33 bits per heavy atom. The summed E-state index contributed by atoms with van der Waals surface area (Å²) >= 11 is 0. The standard InChI is InChI=1S/C14H23N3O3S/c18-21(19,11-9-16-7-5-15-6-8-16)17(13-3-4-13)12-14-2-1-10-20-14/h1-2,10,13,15H,3-9,11-12H2. The van der Waals surface area contributed by atoms with Crippen LogP contribution in [0, 0.1) is 0 Å². The van der Waals surface area contributed by atoms with Crippen LogP contribution < -0.4 is 5.32 Å². The average molecular weight is 313 g/mol. The van der Waals surface area contributed by atoms with Crippen LogP contribution in [0.5, 0.6) is 0 Å². The molecule has 118 valence electrons. The van der Waals surface area contributed by atoms with Crippen LogP contribution >= 0.6 is 0 Å². The molecule has 3 rings (SSSR count). The highest BCUT2D eigenvalue weighted by atomic mass is 32.2. The Hall–Kier alpha value is -0.890. The molecule has 0 radical (unpaired) electrons. The quantitative estimate of drug-likeness (QED) is 0.793.